The Bertz CT molecular complexity index is 1900. The molecule has 3 N–H and O–H groups in total. The van der Waals surface area contributed by atoms with Crippen molar-refractivity contribution in [3.05, 3.63) is 68.8 Å². The average Bonchev–Trinajstić information content (AvgIpc) is 3.63. The predicted octanol–water partition coefficient (Wildman–Crippen LogP) is 5.06. The smallest absolute Gasteiger partial charge is 0.331 e. The van der Waals surface area contributed by atoms with Gasteiger partial charge in [-0.2, -0.15) is 11.8 Å². The lowest BCUT2D eigenvalue weighted by Crippen LogP contribution is -2.57. The summed E-state index contributed by atoms with van der Waals surface area (Å²) in [6.07, 6.45) is 2.87. The third-order valence-corrected chi connectivity index (χ3v) is 12.1. The number of phenols is 1. The molecule has 0 amide bonds. The third kappa shape index (κ3) is 7.30. The molecule has 4 aliphatic heterocycles. The second-order valence-corrected chi connectivity index (χ2v) is 15.3. The predicted molar refractivity (Wildman–Crippen MR) is 208 cm³/mol. The van der Waals surface area contributed by atoms with Crippen LogP contribution in [0.5, 0.6) is 34.5 Å². The molecule has 12 nitrogen and oxygen atoms in total. The molecular weight excluding hydrogens is 711 g/mol. The minimum Gasteiger partial charge on any atom is -0.504 e. The van der Waals surface area contributed by atoms with Crippen LogP contribution in [0.3, 0.4) is 0 Å². The molecule has 0 radical (unpaired) electrons. The minimum absolute atomic E-state index is 0.0119. The van der Waals surface area contributed by atoms with E-state index in [0.29, 0.717) is 65.3 Å². The van der Waals surface area contributed by atoms with Crippen molar-refractivity contribution in [3.8, 4) is 34.5 Å². The van der Waals surface area contributed by atoms with Crippen molar-refractivity contribution in [2.75, 3.05) is 66.3 Å². The first-order valence-electron chi connectivity index (χ1n) is 18.5. The zero-order chi connectivity index (χ0) is 38.7. The Kier molecular flexibility index (Phi) is 12.2. The molecule has 1 spiro atoms. The lowest BCUT2D eigenvalue weighted by molar-refractivity contribution is -0.154. The standard InChI is InChI=1S/C39H46N2O9S.C2H7N/c1-21-14-26-8-7-13-41-27(15-29(26)33(43)34(21)46-6)18-51-19-39(30-16-28(45-5)10-9-25(30)11-12-40-39)38(44)47-17-31(41)32-22(2)35(50-24(4)42)23(3)36-37(32)49-20-48-36;1-3-2/h9-10,14,16,27,31,40,43H,7-8,11-13,15,17-20H2,1-6H3;3H,1-2H3/t27?,31?,39-;/m1./s1. The van der Waals surface area contributed by atoms with E-state index in [2.05, 4.69) is 21.6 Å². The molecular formula is C41H53N3O9S. The first kappa shape index (κ1) is 39.5. The summed E-state index contributed by atoms with van der Waals surface area (Å²) in [6.45, 7) is 8.44. The summed E-state index contributed by atoms with van der Waals surface area (Å²) < 4.78 is 35.7. The highest BCUT2D eigenvalue weighted by Gasteiger charge is 2.47. The van der Waals surface area contributed by atoms with Crippen molar-refractivity contribution < 1.29 is 43.1 Å². The fraction of sp³-hybridized carbons (Fsp3) is 0.512. The maximum atomic E-state index is 14.6. The van der Waals surface area contributed by atoms with Crippen LogP contribution in [0.2, 0.25) is 0 Å². The maximum Gasteiger partial charge on any atom is 0.331 e. The Morgan fingerprint density at radius 1 is 1.02 bits per heavy atom. The molecule has 54 heavy (non-hydrogen) atoms. The number of aryl methyl sites for hydroxylation is 2. The summed E-state index contributed by atoms with van der Waals surface area (Å²) in [4.78, 5) is 29.3. The number of nitrogens with one attached hydrogen (secondary N) is 2. The summed E-state index contributed by atoms with van der Waals surface area (Å²) in [5.41, 5.74) is 5.88. The number of fused-ring (bicyclic) bond motifs is 5. The number of cyclic esters (lactones) is 1. The summed E-state index contributed by atoms with van der Waals surface area (Å²) >= 11 is 1.69. The van der Waals surface area contributed by atoms with Crippen LogP contribution in [0.4, 0.5) is 0 Å². The fourth-order valence-electron chi connectivity index (χ4n) is 8.43. The van der Waals surface area contributed by atoms with E-state index in [9.17, 15) is 14.7 Å². The van der Waals surface area contributed by atoms with Crippen LogP contribution in [0.25, 0.3) is 0 Å². The Balaban J connectivity index is 0.00000160. The summed E-state index contributed by atoms with van der Waals surface area (Å²) in [5.74, 6) is 3.13. The van der Waals surface area contributed by atoms with Crippen molar-refractivity contribution >= 4 is 23.7 Å². The number of carbonyl (C=O) groups excluding carboxylic acids is 2. The van der Waals surface area contributed by atoms with E-state index in [1.54, 1.807) is 26.0 Å². The third-order valence-electron chi connectivity index (χ3n) is 10.8. The first-order chi connectivity index (χ1) is 26.0. The Morgan fingerprint density at radius 3 is 2.50 bits per heavy atom. The molecule has 4 heterocycles. The molecule has 0 aliphatic carbocycles. The number of esters is 2. The maximum absolute atomic E-state index is 14.6. The van der Waals surface area contributed by atoms with E-state index >= 15 is 0 Å². The fourth-order valence-corrected chi connectivity index (χ4v) is 9.81. The second kappa shape index (κ2) is 16.7. The molecule has 3 aromatic rings. The Morgan fingerprint density at radius 2 is 1.78 bits per heavy atom. The van der Waals surface area contributed by atoms with Crippen molar-refractivity contribution in [2.45, 2.75) is 71.0 Å². The largest absolute Gasteiger partial charge is 0.504 e. The molecule has 7 rings (SSSR count). The van der Waals surface area contributed by atoms with Gasteiger partial charge < -0.3 is 38.8 Å². The number of benzene rings is 3. The average molecular weight is 764 g/mol. The number of methoxy groups -OCH3 is 2. The van der Waals surface area contributed by atoms with Gasteiger partial charge in [0, 0.05) is 53.3 Å². The van der Waals surface area contributed by atoms with Gasteiger partial charge in [-0.05, 0) is 101 Å². The van der Waals surface area contributed by atoms with E-state index in [1.807, 2.05) is 53.1 Å². The molecule has 0 bridgehead atoms. The van der Waals surface area contributed by atoms with Crippen molar-refractivity contribution in [3.63, 3.8) is 0 Å². The molecule has 2 unspecified atom stereocenters. The van der Waals surface area contributed by atoms with Gasteiger partial charge in [-0.3, -0.25) is 15.0 Å². The lowest BCUT2D eigenvalue weighted by atomic mass is 9.83. The monoisotopic (exact) mass is 763 g/mol. The normalized spacial score (nSPS) is 22.3. The van der Waals surface area contributed by atoms with Gasteiger partial charge in [-0.1, -0.05) is 12.1 Å². The molecule has 0 aromatic heterocycles. The first-order valence-corrected chi connectivity index (χ1v) is 19.7. The van der Waals surface area contributed by atoms with Crippen LogP contribution in [-0.4, -0.2) is 94.3 Å². The van der Waals surface area contributed by atoms with Gasteiger partial charge in [0.2, 0.25) is 6.79 Å². The van der Waals surface area contributed by atoms with E-state index in [0.717, 1.165) is 58.2 Å². The van der Waals surface area contributed by atoms with Gasteiger partial charge in [-0.25, -0.2) is 4.79 Å². The molecule has 292 valence electrons. The molecule has 1 fully saturated rings. The number of hydrogen-bond acceptors (Lipinski definition) is 13. The quantitative estimate of drug-likeness (QED) is 0.242. The molecule has 3 atom stereocenters. The highest BCUT2D eigenvalue weighted by atomic mass is 32.2. The number of phenolic OH excluding ortho intramolecular Hbond substituents is 1. The van der Waals surface area contributed by atoms with Crippen molar-refractivity contribution in [2.24, 2.45) is 0 Å². The number of thioether (sulfide) groups is 1. The van der Waals surface area contributed by atoms with Crippen molar-refractivity contribution in [1.82, 2.24) is 15.5 Å². The van der Waals surface area contributed by atoms with Gasteiger partial charge in [0.05, 0.1) is 20.3 Å². The Labute approximate surface area is 322 Å². The lowest BCUT2D eigenvalue weighted by Gasteiger charge is -2.44. The highest BCUT2D eigenvalue weighted by Crippen LogP contribution is 2.51. The van der Waals surface area contributed by atoms with Crippen LogP contribution < -0.4 is 34.3 Å². The topological polar surface area (TPSA) is 137 Å². The molecule has 1 saturated heterocycles. The number of aromatic hydroxyl groups is 1. The van der Waals surface area contributed by atoms with Crippen LogP contribution in [-0.2, 0) is 39.1 Å². The molecule has 3 aromatic carbocycles. The van der Waals surface area contributed by atoms with Gasteiger partial charge in [-0.15, -0.1) is 0 Å². The Hall–Kier alpha value is -4.17. The number of nitrogens with zero attached hydrogens (tertiary/aromatic N) is 1. The van der Waals surface area contributed by atoms with Crippen LogP contribution in [0.1, 0.15) is 63.9 Å². The summed E-state index contributed by atoms with van der Waals surface area (Å²) in [5, 5.41) is 17.9. The zero-order valence-electron chi connectivity index (χ0n) is 32.6. The van der Waals surface area contributed by atoms with Gasteiger partial charge in [0.25, 0.3) is 0 Å². The van der Waals surface area contributed by atoms with Gasteiger partial charge in [0.1, 0.15) is 18.1 Å². The molecule has 4 aliphatic rings. The highest BCUT2D eigenvalue weighted by molar-refractivity contribution is 7.99. The SMILES string of the molecule is CNC.COc1ccc2c(c1)[C@@]1(CSCC3Cc4c(cc(C)c(OC)c4O)CCCN3C(c3c(C)c(OC(C)=O)c(C)c4c3OCO4)COC1=O)NCC2. The summed E-state index contributed by atoms with van der Waals surface area (Å²) in [7, 11) is 6.96. The van der Waals surface area contributed by atoms with E-state index in [1.165, 1.54) is 6.92 Å². The van der Waals surface area contributed by atoms with Crippen LogP contribution >= 0.6 is 11.8 Å². The van der Waals surface area contributed by atoms with Gasteiger partial charge in [0.15, 0.2) is 28.5 Å². The van der Waals surface area contributed by atoms with Crippen molar-refractivity contribution in [1.29, 1.82) is 0 Å². The van der Waals surface area contributed by atoms with E-state index in [4.69, 9.17) is 28.4 Å². The second-order valence-electron chi connectivity index (χ2n) is 14.3. The zero-order valence-corrected chi connectivity index (χ0v) is 33.4. The van der Waals surface area contributed by atoms with Crippen LogP contribution in [0, 0.1) is 20.8 Å². The van der Waals surface area contributed by atoms with E-state index < -0.39 is 17.6 Å². The number of carbonyl (C=O) groups is 2. The van der Waals surface area contributed by atoms with E-state index in [-0.39, 0.29) is 31.2 Å². The minimum atomic E-state index is -1.10. The number of hydrogen-bond donors (Lipinski definition) is 3. The van der Waals surface area contributed by atoms with Crippen LogP contribution in [0.15, 0.2) is 24.3 Å². The number of ether oxygens (including phenoxy) is 6. The number of rotatable bonds is 4. The molecule has 13 heteroatoms. The summed E-state index contributed by atoms with van der Waals surface area (Å²) in [6, 6.07) is 7.46. The van der Waals surface area contributed by atoms with Gasteiger partial charge >= 0.3 is 11.9 Å². The molecule has 0 saturated carbocycles.